The van der Waals surface area contributed by atoms with E-state index in [2.05, 4.69) is 43.5 Å². The summed E-state index contributed by atoms with van der Waals surface area (Å²) in [6.07, 6.45) is 3.68. The molecule has 1 heterocycles. The van der Waals surface area contributed by atoms with Gasteiger partial charge in [-0.1, -0.05) is 18.6 Å². The highest BCUT2D eigenvalue weighted by Gasteiger charge is 2.12. The molecule has 1 saturated heterocycles. The van der Waals surface area contributed by atoms with E-state index in [4.69, 9.17) is 0 Å². The molecule has 0 aromatic rings. The van der Waals surface area contributed by atoms with Crippen molar-refractivity contribution < 1.29 is 0 Å². The van der Waals surface area contributed by atoms with E-state index in [9.17, 15) is 0 Å². The third-order valence-corrected chi connectivity index (χ3v) is 3.64. The SMILES string of the molecule is CC(C)=CCN1CCSC(C)CC1. The van der Waals surface area contributed by atoms with E-state index in [0.717, 1.165) is 11.8 Å². The van der Waals surface area contributed by atoms with Crippen LogP contribution in [0.5, 0.6) is 0 Å². The topological polar surface area (TPSA) is 3.24 Å². The van der Waals surface area contributed by atoms with Gasteiger partial charge in [0.15, 0.2) is 0 Å². The quantitative estimate of drug-likeness (QED) is 0.629. The Morgan fingerprint density at radius 3 is 2.92 bits per heavy atom. The van der Waals surface area contributed by atoms with E-state index in [-0.39, 0.29) is 0 Å². The fourth-order valence-corrected chi connectivity index (χ4v) is 2.47. The summed E-state index contributed by atoms with van der Waals surface area (Å²) in [5.74, 6) is 1.30. The molecule has 2 heteroatoms. The average Bonchev–Trinajstić information content (AvgIpc) is 2.27. The Hall–Kier alpha value is 0.0500. The van der Waals surface area contributed by atoms with Gasteiger partial charge in [-0.3, -0.25) is 4.90 Å². The van der Waals surface area contributed by atoms with Crippen molar-refractivity contribution in [2.24, 2.45) is 0 Å². The van der Waals surface area contributed by atoms with Crippen LogP contribution in [0.1, 0.15) is 27.2 Å². The van der Waals surface area contributed by atoms with Crippen LogP contribution in [0.4, 0.5) is 0 Å². The monoisotopic (exact) mass is 199 g/mol. The van der Waals surface area contributed by atoms with Crippen molar-refractivity contribution in [3.05, 3.63) is 11.6 Å². The molecule has 1 aliphatic rings. The minimum Gasteiger partial charge on any atom is -0.299 e. The van der Waals surface area contributed by atoms with Crippen molar-refractivity contribution >= 4 is 11.8 Å². The minimum absolute atomic E-state index is 0.858. The Morgan fingerprint density at radius 1 is 1.46 bits per heavy atom. The van der Waals surface area contributed by atoms with Crippen LogP contribution < -0.4 is 0 Å². The summed E-state index contributed by atoms with van der Waals surface area (Å²) >= 11 is 2.11. The molecule has 0 bridgehead atoms. The summed E-state index contributed by atoms with van der Waals surface area (Å²) in [6, 6.07) is 0. The summed E-state index contributed by atoms with van der Waals surface area (Å²) in [5, 5.41) is 0.858. The Kier molecular flexibility index (Phi) is 4.89. The van der Waals surface area contributed by atoms with Crippen molar-refractivity contribution in [3.63, 3.8) is 0 Å². The van der Waals surface area contributed by atoms with Crippen molar-refractivity contribution in [1.82, 2.24) is 4.90 Å². The summed E-state index contributed by atoms with van der Waals surface area (Å²) in [4.78, 5) is 2.56. The first-order valence-electron chi connectivity index (χ1n) is 5.16. The van der Waals surface area contributed by atoms with E-state index in [1.807, 2.05) is 0 Å². The second-order valence-electron chi connectivity index (χ2n) is 4.05. The van der Waals surface area contributed by atoms with Crippen LogP contribution in [0.25, 0.3) is 0 Å². The van der Waals surface area contributed by atoms with Gasteiger partial charge < -0.3 is 0 Å². The van der Waals surface area contributed by atoms with Crippen LogP contribution in [0.3, 0.4) is 0 Å². The highest BCUT2D eigenvalue weighted by molar-refractivity contribution is 7.99. The first-order valence-corrected chi connectivity index (χ1v) is 6.20. The van der Waals surface area contributed by atoms with Gasteiger partial charge in [0.25, 0.3) is 0 Å². The van der Waals surface area contributed by atoms with Crippen molar-refractivity contribution in [2.75, 3.05) is 25.4 Å². The van der Waals surface area contributed by atoms with Crippen LogP contribution >= 0.6 is 11.8 Å². The van der Waals surface area contributed by atoms with E-state index < -0.39 is 0 Å². The Balaban J connectivity index is 2.30. The Labute approximate surface area is 86.6 Å². The lowest BCUT2D eigenvalue weighted by molar-refractivity contribution is 0.322. The second-order valence-corrected chi connectivity index (χ2v) is 5.60. The zero-order valence-corrected chi connectivity index (χ0v) is 9.86. The predicted molar refractivity (Wildman–Crippen MR) is 62.4 cm³/mol. The van der Waals surface area contributed by atoms with E-state index in [1.165, 1.54) is 30.8 Å². The van der Waals surface area contributed by atoms with Crippen LogP contribution in [0, 0.1) is 0 Å². The molecule has 1 aliphatic heterocycles. The molecule has 1 nitrogen and oxygen atoms in total. The van der Waals surface area contributed by atoms with Crippen molar-refractivity contribution in [1.29, 1.82) is 0 Å². The van der Waals surface area contributed by atoms with Crippen molar-refractivity contribution in [2.45, 2.75) is 32.4 Å². The number of hydrogen-bond acceptors (Lipinski definition) is 2. The molecule has 76 valence electrons. The molecular weight excluding hydrogens is 178 g/mol. The van der Waals surface area contributed by atoms with Gasteiger partial charge in [-0.05, 0) is 26.8 Å². The number of allylic oxidation sites excluding steroid dienone is 1. The maximum absolute atomic E-state index is 2.56. The molecule has 0 aliphatic carbocycles. The summed E-state index contributed by atoms with van der Waals surface area (Å²) in [7, 11) is 0. The second kappa shape index (κ2) is 5.71. The summed E-state index contributed by atoms with van der Waals surface area (Å²) in [5.41, 5.74) is 1.44. The third-order valence-electron chi connectivity index (χ3n) is 2.42. The van der Waals surface area contributed by atoms with Gasteiger partial charge in [-0.2, -0.15) is 11.8 Å². The predicted octanol–water partition coefficient (Wildman–Crippen LogP) is 2.78. The van der Waals surface area contributed by atoms with E-state index in [1.54, 1.807) is 0 Å². The number of rotatable bonds is 2. The molecule has 0 spiro atoms. The van der Waals surface area contributed by atoms with Crippen LogP contribution in [0.2, 0.25) is 0 Å². The van der Waals surface area contributed by atoms with Gasteiger partial charge in [-0.25, -0.2) is 0 Å². The standard InChI is InChI=1S/C11H21NS/c1-10(2)4-6-12-7-5-11(3)13-9-8-12/h4,11H,5-9H2,1-3H3. The largest absolute Gasteiger partial charge is 0.299 e. The van der Waals surface area contributed by atoms with Gasteiger partial charge >= 0.3 is 0 Å². The van der Waals surface area contributed by atoms with Gasteiger partial charge in [-0.15, -0.1) is 0 Å². The molecule has 0 saturated carbocycles. The molecule has 0 aromatic carbocycles. The smallest absolute Gasteiger partial charge is 0.0165 e. The molecule has 1 rings (SSSR count). The lowest BCUT2D eigenvalue weighted by Gasteiger charge is -2.17. The third kappa shape index (κ3) is 4.72. The van der Waals surface area contributed by atoms with Crippen LogP contribution in [0.15, 0.2) is 11.6 Å². The highest BCUT2D eigenvalue weighted by atomic mass is 32.2. The molecular formula is C11H21NS. The molecule has 1 unspecified atom stereocenters. The normalized spacial score (nSPS) is 25.3. The Bertz CT molecular complexity index is 173. The van der Waals surface area contributed by atoms with E-state index in [0.29, 0.717) is 0 Å². The van der Waals surface area contributed by atoms with Gasteiger partial charge in [0.1, 0.15) is 0 Å². The lowest BCUT2D eigenvalue weighted by Crippen LogP contribution is -2.26. The number of nitrogens with zero attached hydrogens (tertiary/aromatic N) is 1. The zero-order valence-electron chi connectivity index (χ0n) is 9.05. The minimum atomic E-state index is 0.858. The molecule has 1 fully saturated rings. The number of thioether (sulfide) groups is 1. The van der Waals surface area contributed by atoms with E-state index >= 15 is 0 Å². The maximum atomic E-state index is 2.56. The molecule has 0 radical (unpaired) electrons. The molecule has 0 N–H and O–H groups in total. The fraction of sp³-hybridized carbons (Fsp3) is 0.818. The van der Waals surface area contributed by atoms with Gasteiger partial charge in [0.2, 0.25) is 0 Å². The molecule has 13 heavy (non-hydrogen) atoms. The maximum Gasteiger partial charge on any atom is 0.0165 e. The zero-order chi connectivity index (χ0) is 9.68. The molecule has 0 amide bonds. The molecule has 1 atom stereocenters. The first kappa shape index (κ1) is 11.1. The highest BCUT2D eigenvalue weighted by Crippen LogP contribution is 2.18. The first-order chi connectivity index (χ1) is 6.18. The molecule has 0 aromatic heterocycles. The average molecular weight is 199 g/mol. The van der Waals surface area contributed by atoms with Crippen molar-refractivity contribution in [3.8, 4) is 0 Å². The summed E-state index contributed by atoms with van der Waals surface area (Å²) in [6.45, 7) is 10.4. The lowest BCUT2D eigenvalue weighted by atomic mass is 10.3. The fourth-order valence-electron chi connectivity index (χ4n) is 1.44. The van der Waals surface area contributed by atoms with Gasteiger partial charge in [0.05, 0.1) is 0 Å². The van der Waals surface area contributed by atoms with Gasteiger partial charge in [0, 0.05) is 24.1 Å². The Morgan fingerprint density at radius 2 is 2.23 bits per heavy atom. The number of hydrogen-bond donors (Lipinski definition) is 0. The summed E-state index contributed by atoms with van der Waals surface area (Å²) < 4.78 is 0. The van der Waals surface area contributed by atoms with Crippen LogP contribution in [-0.4, -0.2) is 35.5 Å². The van der Waals surface area contributed by atoms with Crippen LogP contribution in [-0.2, 0) is 0 Å².